The van der Waals surface area contributed by atoms with Gasteiger partial charge in [-0.05, 0) is 29.8 Å². The molecule has 2 rings (SSSR count). The molecule has 6 heteroatoms. The Kier molecular flexibility index (Phi) is 3.59. The summed E-state index contributed by atoms with van der Waals surface area (Å²) in [6.07, 6.45) is -2.74. The molecular weight excluding hydrogens is 255 g/mol. The van der Waals surface area contributed by atoms with Crippen molar-refractivity contribution in [2.24, 2.45) is 0 Å². The van der Waals surface area contributed by atoms with Crippen molar-refractivity contribution >= 4 is 11.5 Å². The first-order valence-electron chi connectivity index (χ1n) is 5.57. The van der Waals surface area contributed by atoms with Gasteiger partial charge in [0.25, 0.3) is 0 Å². The van der Waals surface area contributed by atoms with E-state index in [1.165, 1.54) is 12.1 Å². The molecule has 0 atom stereocenters. The normalized spacial score (nSPS) is 11.3. The lowest BCUT2D eigenvalue weighted by atomic mass is 10.1. The van der Waals surface area contributed by atoms with Crippen molar-refractivity contribution < 1.29 is 13.2 Å². The Morgan fingerprint density at radius 2 is 1.79 bits per heavy atom. The topological polar surface area (TPSA) is 50.9 Å². The van der Waals surface area contributed by atoms with E-state index >= 15 is 0 Å². The van der Waals surface area contributed by atoms with E-state index in [0.717, 1.165) is 17.7 Å². The minimum Gasteiger partial charge on any atom is -0.382 e. The highest BCUT2D eigenvalue weighted by atomic mass is 19.4. The first kappa shape index (κ1) is 13.2. The summed E-state index contributed by atoms with van der Waals surface area (Å²) in [5.41, 5.74) is 6.38. The molecule has 0 amide bonds. The average molecular weight is 267 g/mol. The van der Waals surface area contributed by atoms with Crippen LogP contribution in [0, 0.1) is 0 Å². The van der Waals surface area contributed by atoms with Crippen LogP contribution in [0.3, 0.4) is 0 Å². The van der Waals surface area contributed by atoms with E-state index in [4.69, 9.17) is 5.73 Å². The number of alkyl halides is 3. The van der Waals surface area contributed by atoms with Gasteiger partial charge in [0.2, 0.25) is 0 Å². The van der Waals surface area contributed by atoms with Crippen molar-refractivity contribution in [1.29, 1.82) is 0 Å². The Morgan fingerprint density at radius 1 is 1.11 bits per heavy atom. The van der Waals surface area contributed by atoms with Gasteiger partial charge in [-0.25, -0.2) is 4.98 Å². The largest absolute Gasteiger partial charge is 0.416 e. The van der Waals surface area contributed by atoms with Gasteiger partial charge in [0.15, 0.2) is 0 Å². The van der Waals surface area contributed by atoms with Crippen LogP contribution >= 0.6 is 0 Å². The van der Waals surface area contributed by atoms with Crippen molar-refractivity contribution in [2.75, 3.05) is 11.1 Å². The van der Waals surface area contributed by atoms with Crippen molar-refractivity contribution in [3.63, 3.8) is 0 Å². The Bertz CT molecular complexity index is 550. The van der Waals surface area contributed by atoms with E-state index in [9.17, 15) is 13.2 Å². The second kappa shape index (κ2) is 5.17. The van der Waals surface area contributed by atoms with Crippen LogP contribution in [-0.4, -0.2) is 4.98 Å². The summed E-state index contributed by atoms with van der Waals surface area (Å²) >= 11 is 0. The molecule has 0 radical (unpaired) electrons. The second-order valence-electron chi connectivity index (χ2n) is 3.98. The zero-order valence-electron chi connectivity index (χ0n) is 9.91. The van der Waals surface area contributed by atoms with Gasteiger partial charge in [-0.15, -0.1) is 0 Å². The molecule has 19 heavy (non-hydrogen) atoms. The fraction of sp³-hybridized carbons (Fsp3) is 0.154. The number of aromatic nitrogens is 1. The summed E-state index contributed by atoms with van der Waals surface area (Å²) in [7, 11) is 0. The molecule has 0 aliphatic heterocycles. The maximum atomic E-state index is 12.4. The monoisotopic (exact) mass is 267 g/mol. The molecule has 0 unspecified atom stereocenters. The van der Waals surface area contributed by atoms with E-state index in [1.807, 2.05) is 0 Å². The van der Waals surface area contributed by atoms with Gasteiger partial charge in [-0.2, -0.15) is 13.2 Å². The summed E-state index contributed by atoms with van der Waals surface area (Å²) in [6, 6.07) is 8.47. The van der Waals surface area contributed by atoms with Crippen LogP contribution in [0.4, 0.5) is 24.7 Å². The molecule has 0 spiro atoms. The summed E-state index contributed by atoms with van der Waals surface area (Å²) in [5, 5.41) is 3.02. The van der Waals surface area contributed by atoms with Crippen molar-refractivity contribution in [1.82, 2.24) is 4.98 Å². The molecule has 2 aromatic rings. The zero-order valence-corrected chi connectivity index (χ0v) is 9.91. The first-order chi connectivity index (χ1) is 8.97. The van der Waals surface area contributed by atoms with Crippen LogP contribution in [0.15, 0.2) is 42.6 Å². The minimum absolute atomic E-state index is 0.356. The van der Waals surface area contributed by atoms with Crippen LogP contribution in [-0.2, 0) is 12.7 Å². The molecule has 1 aromatic carbocycles. The standard InChI is InChI=1S/C13H12F3N3/c14-13(15,16)10-5-3-9(4-6-10)8-19-11-2-1-7-18-12(11)17/h1-7,19H,8H2,(H2,17,18). The lowest BCUT2D eigenvalue weighted by Crippen LogP contribution is -2.06. The van der Waals surface area contributed by atoms with Crippen LogP contribution in [0.5, 0.6) is 0 Å². The summed E-state index contributed by atoms with van der Waals surface area (Å²) in [6.45, 7) is 0.383. The van der Waals surface area contributed by atoms with E-state index in [0.29, 0.717) is 18.1 Å². The molecule has 0 aliphatic carbocycles. The maximum absolute atomic E-state index is 12.4. The highest BCUT2D eigenvalue weighted by Crippen LogP contribution is 2.29. The maximum Gasteiger partial charge on any atom is 0.416 e. The van der Waals surface area contributed by atoms with Crippen LogP contribution in [0.25, 0.3) is 0 Å². The molecule has 0 fully saturated rings. The predicted molar refractivity (Wildman–Crippen MR) is 67.4 cm³/mol. The highest BCUT2D eigenvalue weighted by molar-refractivity contribution is 5.60. The SMILES string of the molecule is Nc1ncccc1NCc1ccc(C(F)(F)F)cc1. The number of nitrogens with two attached hydrogens (primary N) is 1. The molecule has 0 bridgehead atoms. The molecule has 3 N–H and O–H groups in total. The second-order valence-corrected chi connectivity index (χ2v) is 3.98. The van der Waals surface area contributed by atoms with Crippen molar-refractivity contribution in [3.05, 3.63) is 53.7 Å². The Labute approximate surface area is 108 Å². The number of halogens is 3. The lowest BCUT2D eigenvalue weighted by molar-refractivity contribution is -0.137. The molecule has 1 heterocycles. The zero-order chi connectivity index (χ0) is 13.9. The van der Waals surface area contributed by atoms with Gasteiger partial charge in [-0.1, -0.05) is 12.1 Å². The third kappa shape index (κ3) is 3.37. The fourth-order valence-corrected chi connectivity index (χ4v) is 1.58. The number of pyridine rings is 1. The molecular formula is C13H12F3N3. The van der Waals surface area contributed by atoms with Crippen LogP contribution < -0.4 is 11.1 Å². The number of rotatable bonds is 3. The van der Waals surface area contributed by atoms with Gasteiger partial charge < -0.3 is 11.1 Å². The summed E-state index contributed by atoms with van der Waals surface area (Å²) in [4.78, 5) is 3.90. The number of nitrogens with zero attached hydrogens (tertiary/aromatic N) is 1. The van der Waals surface area contributed by atoms with Gasteiger partial charge in [-0.3, -0.25) is 0 Å². The number of hydrogen-bond donors (Lipinski definition) is 2. The lowest BCUT2D eigenvalue weighted by Gasteiger charge is -2.10. The van der Waals surface area contributed by atoms with Gasteiger partial charge in [0.1, 0.15) is 5.82 Å². The predicted octanol–water partition coefficient (Wildman–Crippen LogP) is 3.29. The molecule has 3 nitrogen and oxygen atoms in total. The van der Waals surface area contributed by atoms with Crippen LogP contribution in [0.1, 0.15) is 11.1 Å². The third-order valence-corrected chi connectivity index (χ3v) is 2.60. The van der Waals surface area contributed by atoms with E-state index in [-0.39, 0.29) is 0 Å². The van der Waals surface area contributed by atoms with E-state index in [1.54, 1.807) is 18.3 Å². The number of hydrogen-bond acceptors (Lipinski definition) is 3. The van der Waals surface area contributed by atoms with E-state index < -0.39 is 11.7 Å². The van der Waals surface area contributed by atoms with Gasteiger partial charge in [0, 0.05) is 12.7 Å². The van der Waals surface area contributed by atoms with E-state index in [2.05, 4.69) is 10.3 Å². The fourth-order valence-electron chi connectivity index (χ4n) is 1.58. The third-order valence-electron chi connectivity index (χ3n) is 2.60. The molecule has 100 valence electrons. The van der Waals surface area contributed by atoms with Crippen molar-refractivity contribution in [3.8, 4) is 0 Å². The Hall–Kier alpha value is -2.24. The van der Waals surface area contributed by atoms with Gasteiger partial charge >= 0.3 is 6.18 Å². The summed E-state index contributed by atoms with van der Waals surface area (Å²) in [5.74, 6) is 0.356. The smallest absolute Gasteiger partial charge is 0.382 e. The Morgan fingerprint density at radius 3 is 2.37 bits per heavy atom. The minimum atomic E-state index is -4.31. The Balaban J connectivity index is 2.03. The number of nitrogen functional groups attached to an aromatic ring is 1. The first-order valence-corrected chi connectivity index (χ1v) is 5.57. The number of nitrogens with one attached hydrogen (secondary N) is 1. The quantitative estimate of drug-likeness (QED) is 0.897. The van der Waals surface area contributed by atoms with Gasteiger partial charge in [0.05, 0.1) is 11.3 Å². The van der Waals surface area contributed by atoms with Crippen molar-refractivity contribution in [2.45, 2.75) is 12.7 Å². The molecule has 0 saturated heterocycles. The number of anilines is 2. The molecule has 0 saturated carbocycles. The molecule has 0 aliphatic rings. The average Bonchev–Trinajstić information content (AvgIpc) is 2.37. The molecule has 1 aromatic heterocycles. The van der Waals surface area contributed by atoms with Crippen LogP contribution in [0.2, 0.25) is 0 Å². The summed E-state index contributed by atoms with van der Waals surface area (Å²) < 4.78 is 37.1. The highest BCUT2D eigenvalue weighted by Gasteiger charge is 2.29. The number of benzene rings is 1.